The second-order valence-corrected chi connectivity index (χ2v) is 7.85. The zero-order chi connectivity index (χ0) is 13.0. The average Bonchev–Trinajstić information content (AvgIpc) is 2.96. The van der Waals surface area contributed by atoms with Crippen molar-refractivity contribution in [3.63, 3.8) is 0 Å². The van der Waals surface area contributed by atoms with Gasteiger partial charge in [-0.05, 0) is 55.8 Å². The van der Waals surface area contributed by atoms with Gasteiger partial charge in [0.15, 0.2) is 0 Å². The fourth-order valence-corrected chi connectivity index (χ4v) is 5.09. The summed E-state index contributed by atoms with van der Waals surface area (Å²) in [7, 11) is 0. The van der Waals surface area contributed by atoms with Gasteiger partial charge >= 0.3 is 0 Å². The van der Waals surface area contributed by atoms with E-state index in [1.807, 2.05) is 0 Å². The Balaban J connectivity index is 1.71. The highest BCUT2D eigenvalue weighted by atomic mass is 16.5. The summed E-state index contributed by atoms with van der Waals surface area (Å²) < 4.78 is 5.84. The predicted octanol–water partition coefficient (Wildman–Crippen LogP) is 3.36. The molecule has 1 heterocycles. The Bertz CT molecular complexity index is 316. The van der Waals surface area contributed by atoms with E-state index in [-0.39, 0.29) is 0 Å². The molecule has 2 nitrogen and oxygen atoms in total. The van der Waals surface area contributed by atoms with Crippen LogP contribution < -0.4 is 5.32 Å². The Morgan fingerprint density at radius 3 is 2.56 bits per heavy atom. The molecule has 3 aliphatic rings. The zero-order valence-electron chi connectivity index (χ0n) is 12.5. The zero-order valence-corrected chi connectivity index (χ0v) is 12.5. The monoisotopic (exact) mass is 251 g/mol. The average molecular weight is 251 g/mol. The molecular formula is C16H29NO. The van der Waals surface area contributed by atoms with Gasteiger partial charge in [0.1, 0.15) is 0 Å². The molecular weight excluding hydrogens is 222 g/mol. The Labute approximate surface area is 112 Å². The molecule has 3 rings (SSSR count). The van der Waals surface area contributed by atoms with Crippen LogP contribution in [0.3, 0.4) is 0 Å². The van der Waals surface area contributed by atoms with Gasteiger partial charge in [0.25, 0.3) is 0 Å². The number of ether oxygens (including phenoxy) is 1. The molecule has 2 heteroatoms. The minimum atomic E-state index is 0.448. The van der Waals surface area contributed by atoms with E-state index in [0.717, 1.165) is 12.5 Å². The molecule has 2 saturated carbocycles. The first-order chi connectivity index (χ1) is 8.43. The van der Waals surface area contributed by atoms with Gasteiger partial charge in [-0.2, -0.15) is 0 Å². The van der Waals surface area contributed by atoms with Crippen LogP contribution in [0, 0.1) is 16.7 Å². The fraction of sp³-hybridized carbons (Fsp3) is 1.00. The van der Waals surface area contributed by atoms with Crippen molar-refractivity contribution in [2.24, 2.45) is 16.7 Å². The van der Waals surface area contributed by atoms with Gasteiger partial charge in [-0.15, -0.1) is 0 Å². The number of fused-ring (bicyclic) bond motifs is 2. The van der Waals surface area contributed by atoms with E-state index < -0.39 is 0 Å². The molecule has 0 spiro atoms. The molecule has 3 unspecified atom stereocenters. The highest BCUT2D eigenvalue weighted by molar-refractivity contribution is 5.12. The van der Waals surface area contributed by atoms with E-state index in [2.05, 4.69) is 33.0 Å². The van der Waals surface area contributed by atoms with Gasteiger partial charge in [-0.25, -0.2) is 0 Å². The van der Waals surface area contributed by atoms with Gasteiger partial charge in [0.05, 0.1) is 6.10 Å². The largest absolute Gasteiger partial charge is 0.377 e. The lowest BCUT2D eigenvalue weighted by molar-refractivity contribution is 0.0457. The first-order valence-electron chi connectivity index (χ1n) is 7.81. The van der Waals surface area contributed by atoms with Crippen molar-refractivity contribution in [2.75, 3.05) is 6.61 Å². The minimum absolute atomic E-state index is 0.448. The lowest BCUT2D eigenvalue weighted by atomic mass is 9.68. The molecule has 18 heavy (non-hydrogen) atoms. The van der Waals surface area contributed by atoms with E-state index in [0.29, 0.717) is 29.0 Å². The first-order valence-corrected chi connectivity index (χ1v) is 7.81. The van der Waals surface area contributed by atoms with Crippen LogP contribution in [0.15, 0.2) is 0 Å². The van der Waals surface area contributed by atoms with E-state index in [4.69, 9.17) is 4.74 Å². The van der Waals surface area contributed by atoms with Gasteiger partial charge in [0, 0.05) is 18.7 Å². The van der Waals surface area contributed by atoms with Crippen LogP contribution in [0.5, 0.6) is 0 Å². The van der Waals surface area contributed by atoms with Crippen LogP contribution in [0.1, 0.15) is 59.8 Å². The standard InChI is InChI=1S/C16H29NO/c1-11(13-6-5-9-18-13)17-14-15(2,3)12-7-8-16(14,4)10-12/h11-14,17H,5-10H2,1-4H3/t11?,12-,13?,14?,16+/m0/s1. The van der Waals surface area contributed by atoms with Crippen molar-refractivity contribution in [1.29, 1.82) is 0 Å². The maximum Gasteiger partial charge on any atom is 0.0726 e. The molecule has 0 aromatic rings. The number of rotatable bonds is 3. The van der Waals surface area contributed by atoms with E-state index in [1.165, 1.54) is 32.1 Å². The van der Waals surface area contributed by atoms with Crippen molar-refractivity contribution in [3.05, 3.63) is 0 Å². The van der Waals surface area contributed by atoms with E-state index >= 15 is 0 Å². The number of nitrogens with one attached hydrogen (secondary N) is 1. The molecule has 0 radical (unpaired) electrons. The molecule has 1 N–H and O–H groups in total. The normalized spacial score (nSPS) is 47.7. The Kier molecular flexibility index (Phi) is 3.02. The number of hydrogen-bond acceptors (Lipinski definition) is 2. The van der Waals surface area contributed by atoms with Gasteiger partial charge in [-0.3, -0.25) is 0 Å². The van der Waals surface area contributed by atoms with Crippen LogP contribution in [-0.2, 0) is 4.74 Å². The minimum Gasteiger partial charge on any atom is -0.377 e. The van der Waals surface area contributed by atoms with Crippen LogP contribution in [0.2, 0.25) is 0 Å². The van der Waals surface area contributed by atoms with Crippen LogP contribution >= 0.6 is 0 Å². The van der Waals surface area contributed by atoms with Crippen LogP contribution in [0.4, 0.5) is 0 Å². The molecule has 1 saturated heterocycles. The summed E-state index contributed by atoms with van der Waals surface area (Å²) in [5.41, 5.74) is 0.987. The highest BCUT2D eigenvalue weighted by Gasteiger charge is 2.59. The SMILES string of the molecule is CC(NC1C(C)(C)[C@H]2CC[C@]1(C)C2)C1CCCO1. The quantitative estimate of drug-likeness (QED) is 0.830. The molecule has 0 aromatic heterocycles. The Morgan fingerprint density at radius 1 is 1.22 bits per heavy atom. The molecule has 104 valence electrons. The van der Waals surface area contributed by atoms with Crippen molar-refractivity contribution in [2.45, 2.75) is 78.0 Å². The first kappa shape index (κ1) is 12.9. The van der Waals surface area contributed by atoms with Gasteiger partial charge < -0.3 is 10.1 Å². The summed E-state index contributed by atoms with van der Waals surface area (Å²) in [5.74, 6) is 0.927. The molecule has 0 amide bonds. The molecule has 2 bridgehead atoms. The van der Waals surface area contributed by atoms with E-state index in [9.17, 15) is 0 Å². The predicted molar refractivity (Wildman–Crippen MR) is 74.6 cm³/mol. The van der Waals surface area contributed by atoms with Gasteiger partial charge in [-0.1, -0.05) is 20.8 Å². The molecule has 3 fully saturated rings. The second-order valence-electron chi connectivity index (χ2n) is 7.85. The summed E-state index contributed by atoms with van der Waals surface area (Å²) in [6.45, 7) is 10.7. The van der Waals surface area contributed by atoms with Crippen LogP contribution in [0.25, 0.3) is 0 Å². The lowest BCUT2D eigenvalue weighted by Gasteiger charge is -2.45. The third-order valence-electron chi connectivity index (χ3n) is 6.22. The third-order valence-corrected chi connectivity index (χ3v) is 6.22. The summed E-state index contributed by atoms with van der Waals surface area (Å²) in [6, 6.07) is 1.18. The summed E-state index contributed by atoms with van der Waals surface area (Å²) >= 11 is 0. The third kappa shape index (κ3) is 1.84. The summed E-state index contributed by atoms with van der Waals surface area (Å²) in [5, 5.41) is 3.96. The number of hydrogen-bond donors (Lipinski definition) is 1. The molecule has 0 aromatic carbocycles. The van der Waals surface area contributed by atoms with Crippen molar-refractivity contribution >= 4 is 0 Å². The molecule has 1 aliphatic heterocycles. The maximum absolute atomic E-state index is 5.84. The van der Waals surface area contributed by atoms with Crippen LogP contribution in [-0.4, -0.2) is 24.8 Å². The highest BCUT2D eigenvalue weighted by Crippen LogP contribution is 2.62. The summed E-state index contributed by atoms with van der Waals surface area (Å²) in [6.07, 6.45) is 7.21. The fourth-order valence-electron chi connectivity index (χ4n) is 5.09. The second kappa shape index (κ2) is 4.21. The van der Waals surface area contributed by atoms with Crippen molar-refractivity contribution in [1.82, 2.24) is 5.32 Å². The van der Waals surface area contributed by atoms with Gasteiger partial charge in [0.2, 0.25) is 0 Å². The topological polar surface area (TPSA) is 21.3 Å². The lowest BCUT2D eigenvalue weighted by Crippen LogP contribution is -2.55. The molecule has 5 atom stereocenters. The smallest absolute Gasteiger partial charge is 0.0726 e. The summed E-state index contributed by atoms with van der Waals surface area (Å²) in [4.78, 5) is 0. The van der Waals surface area contributed by atoms with E-state index in [1.54, 1.807) is 0 Å². The molecule has 2 aliphatic carbocycles. The Morgan fingerprint density at radius 2 is 2.00 bits per heavy atom. The van der Waals surface area contributed by atoms with Crippen molar-refractivity contribution in [3.8, 4) is 0 Å². The van der Waals surface area contributed by atoms with Crippen molar-refractivity contribution < 1.29 is 4.74 Å². The Hall–Kier alpha value is -0.0800. The maximum atomic E-state index is 5.84.